The first kappa shape index (κ1) is 14.7. The minimum absolute atomic E-state index is 0.0704. The second-order valence-corrected chi connectivity index (χ2v) is 5.76. The molecule has 0 spiro atoms. The Morgan fingerprint density at radius 3 is 2.60 bits per heavy atom. The monoisotopic (exact) mass is 286 g/mol. The molecule has 4 amide bonds. The average Bonchev–Trinajstić information content (AvgIpc) is 2.77. The molecule has 0 aromatic heterocycles. The molecule has 2 fully saturated rings. The van der Waals surface area contributed by atoms with Crippen molar-refractivity contribution in [1.29, 1.82) is 0 Å². The van der Waals surface area contributed by atoms with Crippen LogP contribution in [-0.2, 0) is 9.59 Å². The summed E-state index contributed by atoms with van der Waals surface area (Å²) in [6.07, 6.45) is -1.03. The molecule has 112 valence electrons. The molecule has 0 unspecified atom stereocenters. The summed E-state index contributed by atoms with van der Waals surface area (Å²) in [5.41, 5.74) is 4.30. The number of nitrogens with one attached hydrogen (secondary N) is 1. The zero-order valence-electron chi connectivity index (χ0n) is 11.6. The fraction of sp³-hybridized carbons (Fsp3) is 0.750. The van der Waals surface area contributed by atoms with Crippen LogP contribution in [0, 0.1) is 0 Å². The third-order valence-electron chi connectivity index (χ3n) is 3.74. The van der Waals surface area contributed by atoms with Crippen molar-refractivity contribution in [2.45, 2.75) is 38.0 Å². The van der Waals surface area contributed by atoms with Crippen LogP contribution in [0.2, 0.25) is 0 Å². The number of carbonyl (C=O) groups is 3. The lowest BCUT2D eigenvalue weighted by Crippen LogP contribution is -2.45. The number of hydrogen-bond acceptors (Lipinski definition) is 4. The number of likely N-dealkylation sites (tertiary alicyclic amines) is 1. The van der Waals surface area contributed by atoms with Crippen molar-refractivity contribution in [2.24, 2.45) is 5.73 Å². The van der Waals surface area contributed by atoms with Gasteiger partial charge in [-0.25, -0.2) is 9.18 Å². The van der Waals surface area contributed by atoms with Crippen molar-refractivity contribution >= 4 is 17.8 Å². The van der Waals surface area contributed by atoms with Crippen molar-refractivity contribution in [3.05, 3.63) is 0 Å². The number of nitrogens with two attached hydrogens (primary N) is 1. The van der Waals surface area contributed by atoms with E-state index in [1.807, 2.05) is 0 Å². The molecular formula is C12H19FN4O3. The van der Waals surface area contributed by atoms with E-state index in [0.717, 1.165) is 4.90 Å². The maximum Gasteiger partial charge on any atom is 0.325 e. The normalized spacial score (nSPS) is 29.9. The van der Waals surface area contributed by atoms with E-state index in [2.05, 4.69) is 5.32 Å². The standard InChI is InChI=1S/C12H19FN4O3/c1-12(2)10(19)17(11(20)15-12)4-3-16-6-7(13)5-8(16)9(14)18/h7-8H,3-6H2,1-2H3,(H2,14,18)(H,15,20)/t7-,8+/m1/s1. The first-order chi connectivity index (χ1) is 9.22. The number of halogens is 1. The molecule has 7 nitrogen and oxygen atoms in total. The van der Waals surface area contributed by atoms with Gasteiger partial charge < -0.3 is 11.1 Å². The number of carbonyl (C=O) groups excluding carboxylic acids is 3. The van der Waals surface area contributed by atoms with Gasteiger partial charge in [0.15, 0.2) is 0 Å². The SMILES string of the molecule is CC1(C)NC(=O)N(CCN2C[C@H](F)C[C@H]2C(N)=O)C1=O. The van der Waals surface area contributed by atoms with Crippen molar-refractivity contribution in [2.75, 3.05) is 19.6 Å². The molecule has 0 aliphatic carbocycles. The number of hydrogen-bond donors (Lipinski definition) is 2. The molecule has 2 heterocycles. The molecule has 0 radical (unpaired) electrons. The predicted molar refractivity (Wildman–Crippen MR) is 68.4 cm³/mol. The molecule has 0 bridgehead atoms. The summed E-state index contributed by atoms with van der Waals surface area (Å²) < 4.78 is 13.4. The van der Waals surface area contributed by atoms with Gasteiger partial charge in [-0.3, -0.25) is 19.4 Å². The summed E-state index contributed by atoms with van der Waals surface area (Å²) in [5, 5.41) is 2.56. The third-order valence-corrected chi connectivity index (χ3v) is 3.74. The summed E-state index contributed by atoms with van der Waals surface area (Å²) >= 11 is 0. The van der Waals surface area contributed by atoms with Crippen molar-refractivity contribution in [3.63, 3.8) is 0 Å². The molecule has 2 aliphatic heterocycles. The molecule has 2 aliphatic rings. The molecule has 8 heteroatoms. The molecule has 0 aromatic carbocycles. The fourth-order valence-electron chi connectivity index (χ4n) is 2.64. The Morgan fingerprint density at radius 1 is 1.45 bits per heavy atom. The highest BCUT2D eigenvalue weighted by atomic mass is 19.1. The smallest absolute Gasteiger partial charge is 0.325 e. The molecule has 2 atom stereocenters. The number of urea groups is 1. The maximum absolute atomic E-state index is 13.4. The van der Waals surface area contributed by atoms with Crippen LogP contribution in [-0.4, -0.2) is 65.0 Å². The first-order valence-corrected chi connectivity index (χ1v) is 6.54. The summed E-state index contributed by atoms with van der Waals surface area (Å²) in [7, 11) is 0. The molecule has 0 saturated carbocycles. The Labute approximate surface area is 116 Å². The molecule has 20 heavy (non-hydrogen) atoms. The van der Waals surface area contributed by atoms with Gasteiger partial charge in [0.2, 0.25) is 5.91 Å². The van der Waals surface area contributed by atoms with E-state index in [0.29, 0.717) is 0 Å². The summed E-state index contributed by atoms with van der Waals surface area (Å²) in [6, 6.07) is -1.13. The third kappa shape index (κ3) is 2.60. The minimum Gasteiger partial charge on any atom is -0.368 e. The average molecular weight is 286 g/mol. The van der Waals surface area contributed by atoms with Crippen LogP contribution >= 0.6 is 0 Å². The maximum atomic E-state index is 13.4. The molecule has 2 saturated heterocycles. The van der Waals surface area contributed by atoms with Crippen LogP contribution in [0.1, 0.15) is 20.3 Å². The second-order valence-electron chi connectivity index (χ2n) is 5.76. The zero-order valence-corrected chi connectivity index (χ0v) is 11.6. The number of alkyl halides is 1. The Balaban J connectivity index is 1.97. The lowest BCUT2D eigenvalue weighted by Gasteiger charge is -2.23. The van der Waals surface area contributed by atoms with Crippen LogP contribution in [0.3, 0.4) is 0 Å². The summed E-state index contributed by atoms with van der Waals surface area (Å²) in [6.45, 7) is 3.69. The lowest BCUT2D eigenvalue weighted by atomic mass is 10.1. The van der Waals surface area contributed by atoms with Crippen LogP contribution in [0.15, 0.2) is 0 Å². The molecular weight excluding hydrogens is 267 g/mol. The van der Waals surface area contributed by atoms with Gasteiger partial charge in [0, 0.05) is 26.1 Å². The van der Waals surface area contributed by atoms with E-state index in [1.165, 1.54) is 0 Å². The topological polar surface area (TPSA) is 95.7 Å². The lowest BCUT2D eigenvalue weighted by molar-refractivity contribution is -0.130. The van der Waals surface area contributed by atoms with Gasteiger partial charge in [-0.1, -0.05) is 0 Å². The van der Waals surface area contributed by atoms with Crippen LogP contribution in [0.25, 0.3) is 0 Å². The Hall–Kier alpha value is -1.70. The van der Waals surface area contributed by atoms with E-state index in [9.17, 15) is 18.8 Å². The Kier molecular flexibility index (Phi) is 3.68. The molecule has 0 aromatic rings. The largest absolute Gasteiger partial charge is 0.368 e. The predicted octanol–water partition coefficient (Wildman–Crippen LogP) is -0.785. The minimum atomic E-state index is -1.10. The Bertz CT molecular complexity index is 454. The van der Waals surface area contributed by atoms with Gasteiger partial charge in [-0.05, 0) is 13.8 Å². The van der Waals surface area contributed by atoms with E-state index >= 15 is 0 Å². The first-order valence-electron chi connectivity index (χ1n) is 6.54. The van der Waals surface area contributed by atoms with E-state index in [-0.39, 0.29) is 32.0 Å². The Morgan fingerprint density at radius 2 is 2.10 bits per heavy atom. The summed E-state index contributed by atoms with van der Waals surface area (Å²) in [5.74, 6) is -0.906. The van der Waals surface area contributed by atoms with Crippen LogP contribution in [0.4, 0.5) is 9.18 Å². The van der Waals surface area contributed by atoms with Gasteiger partial charge in [-0.2, -0.15) is 0 Å². The highest BCUT2D eigenvalue weighted by molar-refractivity contribution is 6.06. The number of rotatable bonds is 4. The number of imide groups is 1. The number of nitrogens with zero attached hydrogens (tertiary/aromatic N) is 2. The zero-order chi connectivity index (χ0) is 15.1. The van der Waals surface area contributed by atoms with Gasteiger partial charge in [-0.15, -0.1) is 0 Å². The van der Waals surface area contributed by atoms with Gasteiger partial charge in [0.05, 0.1) is 6.04 Å². The van der Waals surface area contributed by atoms with E-state index in [1.54, 1.807) is 18.7 Å². The van der Waals surface area contributed by atoms with Gasteiger partial charge in [0.1, 0.15) is 11.7 Å². The fourth-order valence-corrected chi connectivity index (χ4v) is 2.64. The van der Waals surface area contributed by atoms with Crippen molar-refractivity contribution < 1.29 is 18.8 Å². The number of amides is 4. The second kappa shape index (κ2) is 5.01. The highest BCUT2D eigenvalue weighted by Crippen LogP contribution is 2.21. The van der Waals surface area contributed by atoms with Crippen molar-refractivity contribution in [3.8, 4) is 0 Å². The quantitative estimate of drug-likeness (QED) is 0.662. The highest BCUT2D eigenvalue weighted by Gasteiger charge is 2.44. The van der Waals surface area contributed by atoms with Gasteiger partial charge >= 0.3 is 6.03 Å². The number of primary amides is 1. The van der Waals surface area contributed by atoms with Crippen LogP contribution < -0.4 is 11.1 Å². The van der Waals surface area contributed by atoms with Gasteiger partial charge in [0.25, 0.3) is 5.91 Å². The van der Waals surface area contributed by atoms with Crippen molar-refractivity contribution in [1.82, 2.24) is 15.1 Å². The molecule has 2 rings (SSSR count). The molecule has 3 N–H and O–H groups in total. The van der Waals surface area contributed by atoms with Crippen LogP contribution in [0.5, 0.6) is 0 Å². The van der Waals surface area contributed by atoms with E-state index in [4.69, 9.17) is 5.73 Å². The van der Waals surface area contributed by atoms with E-state index < -0.39 is 29.7 Å². The summed E-state index contributed by atoms with van der Waals surface area (Å²) in [4.78, 5) is 37.6.